The maximum atomic E-state index is 10.8. The average molecular weight is 295 g/mol. The number of aliphatic hydroxyl groups is 2. The van der Waals surface area contributed by atoms with E-state index in [1.54, 1.807) is 6.92 Å². The number of hydrogen-bond donors (Lipinski definition) is 2. The van der Waals surface area contributed by atoms with Gasteiger partial charge >= 0.3 is 0 Å². The lowest BCUT2D eigenvalue weighted by atomic mass is 9.79. The van der Waals surface area contributed by atoms with Crippen molar-refractivity contribution in [3.63, 3.8) is 0 Å². The van der Waals surface area contributed by atoms with Gasteiger partial charge in [-0.3, -0.25) is 4.90 Å². The van der Waals surface area contributed by atoms with Crippen LogP contribution in [0.2, 0.25) is 0 Å². The Morgan fingerprint density at radius 1 is 1.38 bits per heavy atom. The summed E-state index contributed by atoms with van der Waals surface area (Å²) >= 11 is 0. The van der Waals surface area contributed by atoms with E-state index >= 15 is 0 Å². The van der Waals surface area contributed by atoms with Crippen LogP contribution in [0.15, 0.2) is 4.52 Å². The van der Waals surface area contributed by atoms with E-state index in [4.69, 9.17) is 4.52 Å². The largest absolute Gasteiger partial charge is 0.392 e. The highest BCUT2D eigenvalue weighted by Gasteiger charge is 2.41. The first-order chi connectivity index (χ1) is 9.95. The molecule has 1 saturated carbocycles. The Kier molecular flexibility index (Phi) is 4.03. The Balaban J connectivity index is 1.71. The van der Waals surface area contributed by atoms with Crippen LogP contribution in [0.5, 0.6) is 0 Å². The van der Waals surface area contributed by atoms with Crippen molar-refractivity contribution in [2.24, 2.45) is 5.92 Å². The van der Waals surface area contributed by atoms with Gasteiger partial charge in [-0.2, -0.15) is 4.98 Å². The summed E-state index contributed by atoms with van der Waals surface area (Å²) in [7, 11) is 0. The molecule has 0 unspecified atom stereocenters. The second-order valence-electron chi connectivity index (χ2n) is 6.92. The lowest BCUT2D eigenvalue weighted by Gasteiger charge is -2.38. The molecular formula is C15H25N3O3. The van der Waals surface area contributed by atoms with Gasteiger partial charge in [-0.15, -0.1) is 0 Å². The van der Waals surface area contributed by atoms with E-state index in [0.29, 0.717) is 37.1 Å². The maximum absolute atomic E-state index is 10.8. The average Bonchev–Trinajstić information content (AvgIpc) is 3.00. The van der Waals surface area contributed by atoms with Gasteiger partial charge in [0.25, 0.3) is 0 Å². The quantitative estimate of drug-likeness (QED) is 0.877. The molecule has 1 saturated heterocycles. The van der Waals surface area contributed by atoms with Crippen LogP contribution in [0.1, 0.15) is 56.8 Å². The fourth-order valence-electron chi connectivity index (χ4n) is 3.60. The molecule has 1 aliphatic carbocycles. The van der Waals surface area contributed by atoms with Gasteiger partial charge in [-0.25, -0.2) is 0 Å². The van der Waals surface area contributed by atoms with Crippen LogP contribution in [-0.2, 0) is 0 Å². The third-order valence-corrected chi connectivity index (χ3v) is 4.91. The minimum atomic E-state index is -0.649. The van der Waals surface area contributed by atoms with Crippen LogP contribution in [0, 0.1) is 12.8 Å². The second kappa shape index (κ2) is 5.66. The summed E-state index contributed by atoms with van der Waals surface area (Å²) in [5.74, 6) is 1.86. The van der Waals surface area contributed by atoms with Crippen LogP contribution in [0.3, 0.4) is 0 Å². The van der Waals surface area contributed by atoms with Crippen molar-refractivity contribution in [2.75, 3.05) is 13.1 Å². The summed E-state index contributed by atoms with van der Waals surface area (Å²) in [6, 6.07) is -0.0791. The number of hydrogen-bond acceptors (Lipinski definition) is 6. The molecule has 0 spiro atoms. The number of aromatic nitrogens is 2. The Morgan fingerprint density at radius 3 is 2.71 bits per heavy atom. The van der Waals surface area contributed by atoms with Crippen molar-refractivity contribution in [1.29, 1.82) is 0 Å². The van der Waals surface area contributed by atoms with Gasteiger partial charge in [-0.1, -0.05) is 12.1 Å². The van der Waals surface area contributed by atoms with Crippen LogP contribution in [-0.4, -0.2) is 50.0 Å². The summed E-state index contributed by atoms with van der Waals surface area (Å²) in [6.07, 6.45) is 3.99. The predicted molar refractivity (Wildman–Crippen MR) is 76.6 cm³/mol. The maximum Gasteiger partial charge on any atom is 0.244 e. The van der Waals surface area contributed by atoms with Gasteiger partial charge in [0.1, 0.15) is 0 Å². The van der Waals surface area contributed by atoms with Crippen molar-refractivity contribution in [2.45, 2.75) is 63.7 Å². The molecule has 1 aliphatic heterocycles. The molecule has 2 fully saturated rings. The van der Waals surface area contributed by atoms with Gasteiger partial charge < -0.3 is 14.7 Å². The van der Waals surface area contributed by atoms with Crippen molar-refractivity contribution in [3.8, 4) is 0 Å². The molecular weight excluding hydrogens is 270 g/mol. The smallest absolute Gasteiger partial charge is 0.244 e. The molecule has 0 amide bonds. The van der Waals surface area contributed by atoms with Crippen molar-refractivity contribution in [1.82, 2.24) is 15.0 Å². The standard InChI is InChI=1S/C15H25N3O3/c1-10-3-5-15(20,6-4-10)9-18-8-12(19)7-13(18)14-16-11(2)17-21-14/h10,12-13,19-20H,3-9H2,1-2H3/t10?,12-,13+,15?/m0/s1. The third-order valence-electron chi connectivity index (χ3n) is 4.91. The summed E-state index contributed by atoms with van der Waals surface area (Å²) in [6.45, 7) is 5.16. The molecule has 21 heavy (non-hydrogen) atoms. The Bertz CT molecular complexity index is 482. The molecule has 2 N–H and O–H groups in total. The minimum Gasteiger partial charge on any atom is -0.392 e. The van der Waals surface area contributed by atoms with E-state index in [-0.39, 0.29) is 6.04 Å². The molecule has 1 aromatic rings. The zero-order chi connectivity index (χ0) is 15.0. The van der Waals surface area contributed by atoms with E-state index in [2.05, 4.69) is 22.0 Å². The van der Waals surface area contributed by atoms with Crippen LogP contribution >= 0.6 is 0 Å². The second-order valence-corrected chi connectivity index (χ2v) is 6.92. The first-order valence-electron chi connectivity index (χ1n) is 7.90. The number of β-amino-alcohol motifs (C(OH)–C–C–N with tert-alkyl or cyclic N) is 2. The van der Waals surface area contributed by atoms with Crippen molar-refractivity contribution >= 4 is 0 Å². The SMILES string of the molecule is Cc1noc([C@H]2C[C@H](O)CN2CC2(O)CCC(C)CC2)n1. The van der Waals surface area contributed by atoms with Gasteiger partial charge in [0.2, 0.25) is 5.89 Å². The lowest BCUT2D eigenvalue weighted by molar-refractivity contribution is -0.0410. The number of rotatable bonds is 3. The van der Waals surface area contributed by atoms with Crippen LogP contribution < -0.4 is 0 Å². The highest BCUT2D eigenvalue weighted by Crippen LogP contribution is 2.37. The first kappa shape index (κ1) is 14.9. The summed E-state index contributed by atoms with van der Waals surface area (Å²) in [4.78, 5) is 6.40. The van der Waals surface area contributed by atoms with Gasteiger partial charge in [0.05, 0.1) is 17.7 Å². The molecule has 118 valence electrons. The zero-order valence-corrected chi connectivity index (χ0v) is 12.8. The predicted octanol–water partition coefficient (Wildman–Crippen LogP) is 1.43. The van der Waals surface area contributed by atoms with E-state index in [0.717, 1.165) is 25.7 Å². The number of aliphatic hydroxyl groups excluding tert-OH is 1. The van der Waals surface area contributed by atoms with Gasteiger partial charge in [-0.05, 0) is 44.9 Å². The van der Waals surface area contributed by atoms with E-state index < -0.39 is 11.7 Å². The molecule has 6 heteroatoms. The monoisotopic (exact) mass is 295 g/mol. The van der Waals surface area contributed by atoms with Crippen LogP contribution in [0.25, 0.3) is 0 Å². The molecule has 2 atom stereocenters. The third kappa shape index (κ3) is 3.27. The van der Waals surface area contributed by atoms with Gasteiger partial charge in [0.15, 0.2) is 5.82 Å². The van der Waals surface area contributed by atoms with Crippen molar-refractivity contribution < 1.29 is 14.7 Å². The zero-order valence-electron chi connectivity index (χ0n) is 12.8. The summed E-state index contributed by atoms with van der Waals surface area (Å²) < 4.78 is 5.27. The highest BCUT2D eigenvalue weighted by molar-refractivity contribution is 5.01. The number of likely N-dealkylation sites (tertiary alicyclic amines) is 1. The summed E-state index contributed by atoms with van der Waals surface area (Å²) in [5.41, 5.74) is -0.649. The normalized spacial score (nSPS) is 38.0. The molecule has 1 aromatic heterocycles. The minimum absolute atomic E-state index is 0.0791. The first-order valence-corrected chi connectivity index (χ1v) is 7.90. The Morgan fingerprint density at radius 2 is 2.10 bits per heavy atom. The molecule has 0 radical (unpaired) electrons. The van der Waals surface area contributed by atoms with Crippen LogP contribution in [0.4, 0.5) is 0 Å². The summed E-state index contributed by atoms with van der Waals surface area (Å²) in [5, 5.41) is 24.6. The van der Waals surface area contributed by atoms with Crippen molar-refractivity contribution in [3.05, 3.63) is 11.7 Å². The highest BCUT2D eigenvalue weighted by atomic mass is 16.5. The Labute approximate surface area is 125 Å². The molecule has 0 aromatic carbocycles. The fourth-order valence-corrected chi connectivity index (χ4v) is 3.60. The fraction of sp³-hybridized carbons (Fsp3) is 0.867. The molecule has 2 heterocycles. The molecule has 6 nitrogen and oxygen atoms in total. The van der Waals surface area contributed by atoms with E-state index in [9.17, 15) is 10.2 Å². The van der Waals surface area contributed by atoms with E-state index in [1.165, 1.54) is 0 Å². The van der Waals surface area contributed by atoms with Gasteiger partial charge in [0, 0.05) is 13.1 Å². The molecule has 2 aliphatic rings. The molecule has 3 rings (SSSR count). The van der Waals surface area contributed by atoms with E-state index in [1.807, 2.05) is 0 Å². The topological polar surface area (TPSA) is 82.6 Å². The molecule has 0 bridgehead atoms. The Hall–Kier alpha value is -0.980. The number of nitrogens with zero attached hydrogens (tertiary/aromatic N) is 3. The lowest BCUT2D eigenvalue weighted by Crippen LogP contribution is -2.45. The number of aryl methyl sites for hydroxylation is 1.